The highest BCUT2D eigenvalue weighted by molar-refractivity contribution is 5.66. The minimum absolute atomic E-state index is 0.326. The van der Waals surface area contributed by atoms with Crippen LogP contribution in [0.3, 0.4) is 0 Å². The summed E-state index contributed by atoms with van der Waals surface area (Å²) in [6.45, 7) is 14.9. The summed E-state index contributed by atoms with van der Waals surface area (Å²) in [4.78, 5) is 21.3. The van der Waals surface area contributed by atoms with Gasteiger partial charge in [-0.3, -0.25) is 0 Å². The number of aromatic nitrogens is 3. The number of likely N-dealkylation sites (tertiary alicyclic amines) is 1. The zero-order chi connectivity index (χ0) is 26.3. The van der Waals surface area contributed by atoms with Gasteiger partial charge in [0.05, 0.1) is 18.9 Å². The van der Waals surface area contributed by atoms with Crippen molar-refractivity contribution in [3.8, 4) is 11.3 Å². The maximum Gasteiger partial charge on any atom is 0.227 e. The van der Waals surface area contributed by atoms with Crippen LogP contribution in [0.25, 0.3) is 11.3 Å². The third-order valence-corrected chi connectivity index (χ3v) is 8.13. The van der Waals surface area contributed by atoms with Crippen molar-refractivity contribution >= 4 is 23.1 Å². The molecule has 0 amide bonds. The van der Waals surface area contributed by atoms with Crippen molar-refractivity contribution in [3.05, 3.63) is 54.4 Å². The number of anilines is 4. The van der Waals surface area contributed by atoms with E-state index < -0.39 is 0 Å². The molecule has 3 aromatic rings. The molecule has 1 N–H and O–H groups in total. The van der Waals surface area contributed by atoms with E-state index in [1.54, 1.807) is 6.20 Å². The minimum Gasteiger partial charge on any atom is -0.378 e. The maximum absolute atomic E-state index is 5.45. The Labute approximate surface area is 226 Å². The SMILES string of the molecule is Cc1cc(Nc2nccc(-c3ccc(N4CCOCC4)nc3)n2)ccc1N1CC2(C)CN(C)CC(C)(C1)C2. The van der Waals surface area contributed by atoms with E-state index in [4.69, 9.17) is 9.72 Å². The fraction of sp³-hybridized carbons (Fsp3) is 0.500. The molecule has 2 unspecified atom stereocenters. The first-order chi connectivity index (χ1) is 18.3. The number of piperidine rings is 2. The number of morpholine rings is 1. The molecule has 6 rings (SSSR count). The van der Waals surface area contributed by atoms with E-state index in [0.29, 0.717) is 16.8 Å². The number of nitrogens with zero attached hydrogens (tertiary/aromatic N) is 6. The van der Waals surface area contributed by atoms with Gasteiger partial charge >= 0.3 is 0 Å². The van der Waals surface area contributed by atoms with Crippen molar-refractivity contribution in [1.29, 1.82) is 0 Å². The number of pyridine rings is 1. The van der Waals surface area contributed by atoms with E-state index in [-0.39, 0.29) is 0 Å². The van der Waals surface area contributed by atoms with Crippen LogP contribution in [0, 0.1) is 17.8 Å². The molecular weight excluding hydrogens is 474 g/mol. The molecule has 3 saturated heterocycles. The van der Waals surface area contributed by atoms with Gasteiger partial charge in [-0.25, -0.2) is 15.0 Å². The summed E-state index contributed by atoms with van der Waals surface area (Å²) in [5.41, 5.74) is 6.08. The fourth-order valence-electron chi connectivity index (χ4n) is 7.17. The average Bonchev–Trinajstić information content (AvgIpc) is 2.88. The molecule has 3 fully saturated rings. The summed E-state index contributed by atoms with van der Waals surface area (Å²) in [7, 11) is 2.27. The van der Waals surface area contributed by atoms with Crippen molar-refractivity contribution in [2.75, 3.05) is 74.6 Å². The monoisotopic (exact) mass is 513 g/mol. The summed E-state index contributed by atoms with van der Waals surface area (Å²) in [6, 6.07) is 12.7. The molecule has 8 nitrogen and oxygen atoms in total. The van der Waals surface area contributed by atoms with Crippen molar-refractivity contribution in [2.45, 2.75) is 27.2 Å². The first kappa shape index (κ1) is 25.1. The first-order valence-electron chi connectivity index (χ1n) is 13.7. The Hall–Kier alpha value is -3.23. The molecule has 200 valence electrons. The maximum atomic E-state index is 5.45. The molecule has 1 aromatic carbocycles. The first-order valence-corrected chi connectivity index (χ1v) is 13.7. The van der Waals surface area contributed by atoms with E-state index in [2.05, 4.69) is 88.1 Å². The quantitative estimate of drug-likeness (QED) is 0.531. The molecule has 2 aromatic heterocycles. The Balaban J connectivity index is 1.16. The molecule has 0 radical (unpaired) electrons. The Morgan fingerprint density at radius 3 is 2.34 bits per heavy atom. The predicted octanol–water partition coefficient (Wildman–Crippen LogP) is 4.60. The molecule has 2 bridgehead atoms. The highest BCUT2D eigenvalue weighted by Gasteiger charge is 2.47. The van der Waals surface area contributed by atoms with Gasteiger partial charge in [0.25, 0.3) is 0 Å². The zero-order valence-electron chi connectivity index (χ0n) is 23.1. The van der Waals surface area contributed by atoms with E-state index in [9.17, 15) is 0 Å². The van der Waals surface area contributed by atoms with E-state index >= 15 is 0 Å². The fourth-order valence-corrected chi connectivity index (χ4v) is 7.17. The van der Waals surface area contributed by atoms with Crippen molar-refractivity contribution in [3.63, 3.8) is 0 Å². The number of nitrogens with one attached hydrogen (secondary N) is 1. The van der Waals surface area contributed by atoms with Crippen LogP contribution in [0.2, 0.25) is 0 Å². The summed E-state index contributed by atoms with van der Waals surface area (Å²) in [6.07, 6.45) is 4.99. The largest absolute Gasteiger partial charge is 0.378 e. The van der Waals surface area contributed by atoms with Gasteiger partial charge in [-0.1, -0.05) is 13.8 Å². The van der Waals surface area contributed by atoms with Crippen LogP contribution in [-0.4, -0.2) is 79.4 Å². The van der Waals surface area contributed by atoms with Crippen molar-refractivity contribution in [2.24, 2.45) is 10.8 Å². The summed E-state index contributed by atoms with van der Waals surface area (Å²) >= 11 is 0. The second kappa shape index (κ2) is 9.82. The molecule has 38 heavy (non-hydrogen) atoms. The van der Waals surface area contributed by atoms with Gasteiger partial charge < -0.3 is 24.8 Å². The number of hydrogen-bond donors (Lipinski definition) is 1. The normalized spacial score (nSPS) is 25.9. The molecule has 0 spiro atoms. The van der Waals surface area contributed by atoms with Crippen LogP contribution < -0.4 is 15.1 Å². The third-order valence-electron chi connectivity index (χ3n) is 8.13. The Bertz CT molecular complexity index is 1270. The minimum atomic E-state index is 0.326. The van der Waals surface area contributed by atoms with Gasteiger partial charge in [-0.2, -0.15) is 0 Å². The van der Waals surface area contributed by atoms with Crippen LogP contribution in [0.15, 0.2) is 48.8 Å². The van der Waals surface area contributed by atoms with Crippen LogP contribution in [0.4, 0.5) is 23.1 Å². The lowest BCUT2D eigenvalue weighted by molar-refractivity contribution is 0.00531. The predicted molar refractivity (Wildman–Crippen MR) is 153 cm³/mol. The van der Waals surface area contributed by atoms with E-state index in [0.717, 1.165) is 75.2 Å². The molecule has 8 heteroatoms. The van der Waals surface area contributed by atoms with Gasteiger partial charge in [-0.15, -0.1) is 0 Å². The number of fused-ring (bicyclic) bond motifs is 2. The van der Waals surface area contributed by atoms with E-state index in [1.165, 1.54) is 17.7 Å². The van der Waals surface area contributed by atoms with Crippen LogP contribution in [0.5, 0.6) is 0 Å². The number of aryl methyl sites for hydroxylation is 1. The molecule has 2 atom stereocenters. The lowest BCUT2D eigenvalue weighted by Gasteiger charge is -2.57. The highest BCUT2D eigenvalue weighted by atomic mass is 16.5. The molecular formula is C30H39N7O. The number of rotatable bonds is 5. The van der Waals surface area contributed by atoms with Crippen molar-refractivity contribution in [1.82, 2.24) is 19.9 Å². The lowest BCUT2D eigenvalue weighted by Crippen LogP contribution is -2.61. The summed E-state index contributed by atoms with van der Waals surface area (Å²) < 4.78 is 5.45. The Morgan fingerprint density at radius 1 is 0.895 bits per heavy atom. The standard InChI is InChI=1S/C30H39N7O/c1-22-15-24(6-7-26(22)37-20-29(2)17-30(3,21-37)19-35(4)18-29)33-28-31-10-9-25(34-28)23-5-8-27(32-16-23)36-11-13-38-14-12-36/h5-10,15-16H,11-14,17-21H2,1-4H3,(H,31,33,34). The number of ether oxygens (including phenoxy) is 1. The van der Waals surface area contributed by atoms with Gasteiger partial charge in [0.2, 0.25) is 5.95 Å². The Kier molecular flexibility index (Phi) is 6.48. The second-order valence-electron chi connectivity index (χ2n) is 12.2. The Morgan fingerprint density at radius 2 is 1.66 bits per heavy atom. The number of hydrogen-bond acceptors (Lipinski definition) is 8. The van der Waals surface area contributed by atoms with Gasteiger partial charge in [0.1, 0.15) is 5.82 Å². The van der Waals surface area contributed by atoms with Gasteiger partial charge in [0, 0.05) is 68.6 Å². The number of benzene rings is 1. The topological polar surface area (TPSA) is 69.6 Å². The smallest absolute Gasteiger partial charge is 0.227 e. The van der Waals surface area contributed by atoms with Crippen LogP contribution >= 0.6 is 0 Å². The second-order valence-corrected chi connectivity index (χ2v) is 12.2. The molecule has 3 aliphatic heterocycles. The molecule has 5 heterocycles. The third kappa shape index (κ3) is 5.20. The summed E-state index contributed by atoms with van der Waals surface area (Å²) in [5, 5.41) is 3.42. The lowest BCUT2D eigenvalue weighted by atomic mass is 9.65. The molecule has 3 aliphatic rings. The van der Waals surface area contributed by atoms with Crippen LogP contribution in [0.1, 0.15) is 25.8 Å². The highest BCUT2D eigenvalue weighted by Crippen LogP contribution is 2.46. The molecule has 0 aliphatic carbocycles. The van der Waals surface area contributed by atoms with Gasteiger partial charge in [-0.05, 0) is 73.2 Å². The zero-order valence-corrected chi connectivity index (χ0v) is 23.1. The molecule has 0 saturated carbocycles. The van der Waals surface area contributed by atoms with Crippen LogP contribution in [-0.2, 0) is 4.74 Å². The summed E-state index contributed by atoms with van der Waals surface area (Å²) in [5.74, 6) is 1.56. The van der Waals surface area contributed by atoms with Crippen molar-refractivity contribution < 1.29 is 4.74 Å². The van der Waals surface area contributed by atoms with E-state index in [1.807, 2.05) is 12.3 Å². The van der Waals surface area contributed by atoms with Gasteiger partial charge in [0.15, 0.2) is 0 Å². The average molecular weight is 514 g/mol.